The second-order valence-corrected chi connectivity index (χ2v) is 9.73. The van der Waals surface area contributed by atoms with Gasteiger partial charge in [0.15, 0.2) is 8.68 Å². The van der Waals surface area contributed by atoms with Crippen molar-refractivity contribution in [3.8, 4) is 0 Å². The molecule has 0 aliphatic heterocycles. The summed E-state index contributed by atoms with van der Waals surface area (Å²) in [6.45, 7) is 6.63. The van der Waals surface area contributed by atoms with E-state index in [-0.39, 0.29) is 5.91 Å². The number of hydrogen-bond acceptors (Lipinski definition) is 6. The van der Waals surface area contributed by atoms with E-state index in [4.69, 9.17) is 0 Å². The van der Waals surface area contributed by atoms with Crippen molar-refractivity contribution >= 4 is 40.8 Å². The number of carbonyl (C=O) groups is 1. The number of carbonyl (C=O) groups excluding carboxylic acids is 1. The number of hydrogen-bond donors (Lipinski definition) is 1. The van der Waals surface area contributed by atoms with Gasteiger partial charge in [0.1, 0.15) is 0 Å². The Bertz CT molecular complexity index is 478. The highest BCUT2D eigenvalue weighted by Crippen LogP contribution is 2.30. The molecular formula is C15H25N3OS3. The van der Waals surface area contributed by atoms with Crippen LogP contribution in [0, 0.1) is 11.8 Å². The molecule has 4 nitrogen and oxygen atoms in total. The first-order valence-corrected chi connectivity index (χ1v) is 10.7. The smallest absolute Gasteiger partial charge is 0.230 e. The standard InChI is InChI=1S/C15H25N3OS3/c1-10(2)8-20-14-17-18-15(22-14)21-9-13(19)16-12-7-5-4-6-11(12)3/h10-12H,4-9H2,1-3H3,(H,16,19)/t11-,12+/m0/s1. The first-order valence-electron chi connectivity index (χ1n) is 7.93. The van der Waals surface area contributed by atoms with Crippen molar-refractivity contribution in [2.24, 2.45) is 11.8 Å². The molecule has 7 heteroatoms. The molecular weight excluding hydrogens is 334 g/mol. The zero-order chi connectivity index (χ0) is 15.9. The maximum Gasteiger partial charge on any atom is 0.230 e. The van der Waals surface area contributed by atoms with Gasteiger partial charge in [-0.2, -0.15) is 0 Å². The first-order chi connectivity index (χ1) is 10.5. The SMILES string of the molecule is CC(C)CSc1nnc(SCC(=O)N[C@@H]2CCCC[C@@H]2C)s1. The van der Waals surface area contributed by atoms with Crippen molar-refractivity contribution in [3.63, 3.8) is 0 Å². The second kappa shape index (κ2) is 9.13. The maximum absolute atomic E-state index is 12.1. The molecule has 1 heterocycles. The third-order valence-electron chi connectivity index (χ3n) is 3.71. The summed E-state index contributed by atoms with van der Waals surface area (Å²) in [7, 11) is 0. The summed E-state index contributed by atoms with van der Waals surface area (Å²) in [6, 6.07) is 0.355. The Kier molecular flexibility index (Phi) is 7.50. The predicted octanol–water partition coefficient (Wildman–Crippen LogP) is 4.07. The Hall–Kier alpha value is -0.270. The van der Waals surface area contributed by atoms with Crippen molar-refractivity contribution in [2.75, 3.05) is 11.5 Å². The largest absolute Gasteiger partial charge is 0.352 e. The summed E-state index contributed by atoms with van der Waals surface area (Å²) >= 11 is 4.82. The predicted molar refractivity (Wildman–Crippen MR) is 95.8 cm³/mol. The Morgan fingerprint density at radius 2 is 1.95 bits per heavy atom. The normalized spacial score (nSPS) is 22.0. The molecule has 22 heavy (non-hydrogen) atoms. The van der Waals surface area contributed by atoms with E-state index in [1.807, 2.05) is 0 Å². The number of nitrogens with zero attached hydrogens (tertiary/aromatic N) is 2. The number of rotatable bonds is 7. The summed E-state index contributed by atoms with van der Waals surface area (Å²) in [6.07, 6.45) is 4.87. The minimum atomic E-state index is 0.121. The molecule has 1 aromatic heterocycles. The van der Waals surface area contributed by atoms with Crippen molar-refractivity contribution in [1.29, 1.82) is 0 Å². The van der Waals surface area contributed by atoms with Crippen LogP contribution < -0.4 is 5.32 Å². The minimum Gasteiger partial charge on any atom is -0.352 e. The van der Waals surface area contributed by atoms with Crippen LogP contribution in [-0.4, -0.2) is 33.7 Å². The van der Waals surface area contributed by atoms with Crippen molar-refractivity contribution < 1.29 is 4.79 Å². The third kappa shape index (κ3) is 6.08. The fourth-order valence-electron chi connectivity index (χ4n) is 2.46. The lowest BCUT2D eigenvalue weighted by molar-refractivity contribution is -0.119. The first kappa shape index (κ1) is 18.1. The summed E-state index contributed by atoms with van der Waals surface area (Å²) in [4.78, 5) is 12.1. The second-order valence-electron chi connectivity index (χ2n) is 6.26. The fourth-order valence-corrected chi connectivity index (χ4v) is 5.27. The van der Waals surface area contributed by atoms with Gasteiger partial charge in [-0.05, 0) is 24.7 Å². The lowest BCUT2D eigenvalue weighted by Crippen LogP contribution is -2.41. The van der Waals surface area contributed by atoms with Crippen LogP contribution in [0.1, 0.15) is 46.5 Å². The summed E-state index contributed by atoms with van der Waals surface area (Å²) in [5, 5.41) is 11.5. The number of thioether (sulfide) groups is 2. The highest BCUT2D eigenvalue weighted by atomic mass is 32.2. The molecule has 1 aromatic rings. The molecule has 0 saturated heterocycles. The Morgan fingerprint density at radius 3 is 2.64 bits per heavy atom. The molecule has 1 saturated carbocycles. The molecule has 0 bridgehead atoms. The van der Waals surface area contributed by atoms with E-state index < -0.39 is 0 Å². The van der Waals surface area contributed by atoms with Crippen molar-refractivity contribution in [2.45, 2.75) is 61.2 Å². The number of amides is 1. The van der Waals surface area contributed by atoms with Gasteiger partial charge in [-0.15, -0.1) is 10.2 Å². The van der Waals surface area contributed by atoms with Crippen molar-refractivity contribution in [3.05, 3.63) is 0 Å². The summed E-state index contributed by atoms with van der Waals surface area (Å²) < 4.78 is 1.88. The van der Waals surface area contributed by atoms with Gasteiger partial charge in [0.2, 0.25) is 5.91 Å². The van der Waals surface area contributed by atoms with Gasteiger partial charge in [-0.25, -0.2) is 0 Å². The zero-order valence-corrected chi connectivity index (χ0v) is 16.0. The Morgan fingerprint density at radius 1 is 1.27 bits per heavy atom. The van der Waals surface area contributed by atoms with Crippen molar-refractivity contribution in [1.82, 2.24) is 15.5 Å². The molecule has 2 rings (SSSR count). The van der Waals surface area contributed by atoms with E-state index in [0.717, 1.165) is 20.9 Å². The van der Waals surface area contributed by atoms with Gasteiger partial charge in [0.05, 0.1) is 5.75 Å². The number of aromatic nitrogens is 2. The van der Waals surface area contributed by atoms with Crippen LogP contribution in [0.15, 0.2) is 8.68 Å². The average molecular weight is 360 g/mol. The van der Waals surface area contributed by atoms with E-state index in [1.54, 1.807) is 23.1 Å². The monoisotopic (exact) mass is 359 g/mol. The molecule has 2 atom stereocenters. The van der Waals surface area contributed by atoms with Gasteiger partial charge >= 0.3 is 0 Å². The molecule has 0 radical (unpaired) electrons. The van der Waals surface area contributed by atoms with E-state index in [0.29, 0.717) is 23.6 Å². The van der Waals surface area contributed by atoms with Crippen LogP contribution in [0.4, 0.5) is 0 Å². The molecule has 0 aromatic carbocycles. The van der Waals surface area contributed by atoms with E-state index >= 15 is 0 Å². The third-order valence-corrected chi connectivity index (χ3v) is 7.33. The Labute approximate surface area is 145 Å². The lowest BCUT2D eigenvalue weighted by atomic mass is 9.86. The molecule has 1 N–H and O–H groups in total. The van der Waals surface area contributed by atoms with Gasteiger partial charge in [0, 0.05) is 11.8 Å². The van der Waals surface area contributed by atoms with Gasteiger partial charge in [-0.3, -0.25) is 4.79 Å². The van der Waals surface area contributed by atoms with E-state index in [2.05, 4.69) is 36.3 Å². The van der Waals surface area contributed by atoms with E-state index in [9.17, 15) is 4.79 Å². The van der Waals surface area contributed by atoms with Gasteiger partial charge < -0.3 is 5.32 Å². The molecule has 1 amide bonds. The maximum atomic E-state index is 12.1. The van der Waals surface area contributed by atoms with Crippen LogP contribution >= 0.6 is 34.9 Å². The van der Waals surface area contributed by atoms with Gasteiger partial charge in [-0.1, -0.05) is 68.5 Å². The van der Waals surface area contributed by atoms with Gasteiger partial charge in [0.25, 0.3) is 0 Å². The topological polar surface area (TPSA) is 54.9 Å². The van der Waals surface area contributed by atoms with Crippen LogP contribution in [0.3, 0.4) is 0 Å². The average Bonchev–Trinajstić information content (AvgIpc) is 2.93. The summed E-state index contributed by atoms with van der Waals surface area (Å²) in [5.41, 5.74) is 0. The molecule has 0 unspecified atom stereocenters. The molecule has 1 aliphatic carbocycles. The quantitative estimate of drug-likeness (QED) is 0.744. The molecule has 1 aliphatic rings. The zero-order valence-electron chi connectivity index (χ0n) is 13.5. The van der Waals surface area contributed by atoms with Crippen LogP contribution in [0.2, 0.25) is 0 Å². The van der Waals surface area contributed by atoms with Crippen LogP contribution in [0.25, 0.3) is 0 Å². The highest BCUT2D eigenvalue weighted by molar-refractivity contribution is 8.03. The molecule has 124 valence electrons. The van der Waals surface area contributed by atoms with E-state index in [1.165, 1.54) is 31.0 Å². The molecule has 1 fully saturated rings. The van der Waals surface area contributed by atoms with Crippen LogP contribution in [-0.2, 0) is 4.79 Å². The molecule has 0 spiro atoms. The minimum absolute atomic E-state index is 0.121. The number of nitrogens with one attached hydrogen (secondary N) is 1. The highest BCUT2D eigenvalue weighted by Gasteiger charge is 2.22. The fraction of sp³-hybridized carbons (Fsp3) is 0.800. The van der Waals surface area contributed by atoms with Crippen LogP contribution in [0.5, 0.6) is 0 Å². The Balaban J connectivity index is 1.71. The summed E-state index contributed by atoms with van der Waals surface area (Å²) in [5.74, 6) is 2.86. The lowest BCUT2D eigenvalue weighted by Gasteiger charge is -2.29.